The van der Waals surface area contributed by atoms with Crippen molar-refractivity contribution in [3.05, 3.63) is 58.1 Å². The van der Waals surface area contributed by atoms with Crippen LogP contribution >= 0.6 is 15.9 Å². The van der Waals surface area contributed by atoms with Crippen molar-refractivity contribution in [3.8, 4) is 0 Å². The third-order valence-electron chi connectivity index (χ3n) is 2.58. The first-order valence-corrected chi connectivity index (χ1v) is 6.62. The molecule has 1 aromatic heterocycles. The summed E-state index contributed by atoms with van der Waals surface area (Å²) in [7, 11) is 1.20. The van der Waals surface area contributed by atoms with Gasteiger partial charge in [0.15, 0.2) is 0 Å². The number of aromatic nitrogens is 1. The van der Waals surface area contributed by atoms with Crippen LogP contribution in [-0.4, -0.2) is 24.0 Å². The number of amides is 1. The fourth-order valence-corrected chi connectivity index (χ4v) is 1.97. The van der Waals surface area contributed by atoms with Crippen LogP contribution < -0.4 is 5.32 Å². The number of anilines is 1. The molecule has 0 saturated heterocycles. The number of rotatable bonds is 3. The standard InChI is InChI=1S/C14H10BrFN2O3/c1-21-14(20)9-6-5-8(16)7-11(9)18-13(19)10-3-2-4-12(15)17-10/h2-7H,1H3,(H,18,19). The van der Waals surface area contributed by atoms with Crippen molar-refractivity contribution in [3.63, 3.8) is 0 Å². The van der Waals surface area contributed by atoms with Gasteiger partial charge < -0.3 is 10.1 Å². The van der Waals surface area contributed by atoms with Crippen molar-refractivity contribution in [2.24, 2.45) is 0 Å². The van der Waals surface area contributed by atoms with E-state index in [9.17, 15) is 14.0 Å². The van der Waals surface area contributed by atoms with Crippen LogP contribution in [0.3, 0.4) is 0 Å². The van der Waals surface area contributed by atoms with Gasteiger partial charge in [-0.1, -0.05) is 6.07 Å². The summed E-state index contributed by atoms with van der Waals surface area (Å²) in [5.41, 5.74) is 0.209. The Labute approximate surface area is 128 Å². The van der Waals surface area contributed by atoms with Crippen LogP contribution in [0.1, 0.15) is 20.8 Å². The van der Waals surface area contributed by atoms with E-state index >= 15 is 0 Å². The van der Waals surface area contributed by atoms with Crippen LogP contribution in [0.5, 0.6) is 0 Å². The van der Waals surface area contributed by atoms with Gasteiger partial charge in [0, 0.05) is 0 Å². The smallest absolute Gasteiger partial charge is 0.339 e. The zero-order valence-corrected chi connectivity index (χ0v) is 12.5. The first kappa shape index (κ1) is 15.1. The highest BCUT2D eigenvalue weighted by molar-refractivity contribution is 9.10. The van der Waals surface area contributed by atoms with E-state index in [0.717, 1.165) is 12.1 Å². The van der Waals surface area contributed by atoms with E-state index in [0.29, 0.717) is 4.60 Å². The number of methoxy groups -OCH3 is 1. The molecular formula is C14H10BrFN2O3. The van der Waals surface area contributed by atoms with E-state index in [-0.39, 0.29) is 16.9 Å². The molecule has 21 heavy (non-hydrogen) atoms. The lowest BCUT2D eigenvalue weighted by atomic mass is 10.1. The van der Waals surface area contributed by atoms with Gasteiger partial charge in [0.05, 0.1) is 18.4 Å². The molecule has 0 aliphatic heterocycles. The molecule has 1 heterocycles. The van der Waals surface area contributed by atoms with Gasteiger partial charge in [-0.05, 0) is 46.3 Å². The van der Waals surface area contributed by atoms with Crippen LogP contribution in [0.2, 0.25) is 0 Å². The SMILES string of the molecule is COC(=O)c1ccc(F)cc1NC(=O)c1cccc(Br)n1. The maximum Gasteiger partial charge on any atom is 0.339 e. The second-order valence-corrected chi connectivity index (χ2v) is 4.79. The molecule has 7 heteroatoms. The lowest BCUT2D eigenvalue weighted by molar-refractivity contribution is 0.0602. The summed E-state index contributed by atoms with van der Waals surface area (Å²) in [5, 5.41) is 2.45. The van der Waals surface area contributed by atoms with E-state index in [1.54, 1.807) is 12.1 Å². The first-order valence-electron chi connectivity index (χ1n) is 5.83. The Morgan fingerprint density at radius 2 is 2.05 bits per heavy atom. The van der Waals surface area contributed by atoms with Crippen LogP contribution in [-0.2, 0) is 4.74 Å². The number of hydrogen-bond donors (Lipinski definition) is 1. The molecule has 0 bridgehead atoms. The number of nitrogens with zero attached hydrogens (tertiary/aromatic N) is 1. The monoisotopic (exact) mass is 352 g/mol. The Kier molecular flexibility index (Phi) is 4.64. The van der Waals surface area contributed by atoms with E-state index in [4.69, 9.17) is 0 Å². The van der Waals surface area contributed by atoms with Gasteiger partial charge in [-0.3, -0.25) is 4.79 Å². The fraction of sp³-hybridized carbons (Fsp3) is 0.0714. The topological polar surface area (TPSA) is 68.3 Å². The number of esters is 1. The predicted octanol–water partition coefficient (Wildman–Crippen LogP) is 3.02. The molecule has 1 aromatic carbocycles. The van der Waals surface area contributed by atoms with E-state index < -0.39 is 17.7 Å². The molecule has 0 unspecified atom stereocenters. The average molecular weight is 353 g/mol. The number of hydrogen-bond acceptors (Lipinski definition) is 4. The molecule has 0 atom stereocenters. The van der Waals surface area contributed by atoms with Crippen molar-refractivity contribution >= 4 is 33.5 Å². The summed E-state index contributed by atoms with van der Waals surface area (Å²) >= 11 is 3.15. The number of benzene rings is 1. The third kappa shape index (κ3) is 3.63. The first-order chi connectivity index (χ1) is 10.0. The number of carbonyl (C=O) groups excluding carboxylic acids is 2. The van der Waals surface area contributed by atoms with Crippen molar-refractivity contribution in [1.29, 1.82) is 0 Å². The minimum absolute atomic E-state index is 0.0219. The average Bonchev–Trinajstić information content (AvgIpc) is 2.46. The van der Waals surface area contributed by atoms with E-state index in [2.05, 4.69) is 31.0 Å². The molecule has 0 aliphatic rings. The van der Waals surface area contributed by atoms with Crippen LogP contribution in [0.25, 0.3) is 0 Å². The van der Waals surface area contributed by atoms with Gasteiger partial charge >= 0.3 is 5.97 Å². The van der Waals surface area contributed by atoms with Crippen LogP contribution in [0, 0.1) is 5.82 Å². The Hall–Kier alpha value is -2.28. The van der Waals surface area contributed by atoms with Gasteiger partial charge in [-0.15, -0.1) is 0 Å². The minimum Gasteiger partial charge on any atom is -0.465 e. The lowest BCUT2D eigenvalue weighted by Crippen LogP contribution is -2.17. The van der Waals surface area contributed by atoms with Gasteiger partial charge in [-0.25, -0.2) is 14.2 Å². The van der Waals surface area contributed by atoms with Crippen LogP contribution in [0.15, 0.2) is 41.0 Å². The molecule has 2 aromatic rings. The Morgan fingerprint density at radius 3 is 2.71 bits per heavy atom. The Balaban J connectivity index is 2.32. The van der Waals surface area contributed by atoms with E-state index in [1.807, 2.05) is 0 Å². The zero-order valence-electron chi connectivity index (χ0n) is 10.9. The molecule has 108 valence electrons. The van der Waals surface area contributed by atoms with Crippen molar-refractivity contribution in [2.75, 3.05) is 12.4 Å². The number of carbonyl (C=O) groups is 2. The Bertz CT molecular complexity index is 706. The molecule has 2 rings (SSSR count). The summed E-state index contributed by atoms with van der Waals surface area (Å²) in [4.78, 5) is 27.7. The molecule has 0 spiro atoms. The number of nitrogens with one attached hydrogen (secondary N) is 1. The minimum atomic E-state index is -0.674. The zero-order chi connectivity index (χ0) is 15.4. The number of halogens is 2. The fourth-order valence-electron chi connectivity index (χ4n) is 1.63. The van der Waals surface area contributed by atoms with Gasteiger partial charge in [0.25, 0.3) is 5.91 Å². The molecule has 0 fully saturated rings. The van der Waals surface area contributed by atoms with Crippen molar-refractivity contribution in [1.82, 2.24) is 4.98 Å². The molecule has 5 nitrogen and oxygen atoms in total. The molecule has 1 amide bonds. The second kappa shape index (κ2) is 6.45. The molecular weight excluding hydrogens is 343 g/mol. The summed E-state index contributed by atoms with van der Waals surface area (Å²) in [6.07, 6.45) is 0. The highest BCUT2D eigenvalue weighted by Gasteiger charge is 2.16. The number of ether oxygens (including phenoxy) is 1. The highest BCUT2D eigenvalue weighted by atomic mass is 79.9. The Morgan fingerprint density at radius 1 is 1.29 bits per heavy atom. The van der Waals surface area contributed by atoms with Gasteiger partial charge in [-0.2, -0.15) is 0 Å². The van der Waals surface area contributed by atoms with Crippen LogP contribution in [0.4, 0.5) is 10.1 Å². The quantitative estimate of drug-likeness (QED) is 0.680. The second-order valence-electron chi connectivity index (χ2n) is 3.98. The van der Waals surface area contributed by atoms with Crippen molar-refractivity contribution < 1.29 is 18.7 Å². The molecule has 0 saturated carbocycles. The summed E-state index contributed by atoms with van der Waals surface area (Å²) < 4.78 is 18.4. The van der Waals surface area contributed by atoms with Crippen molar-refractivity contribution in [2.45, 2.75) is 0 Å². The summed E-state index contributed by atoms with van der Waals surface area (Å²) in [5.74, 6) is -1.82. The predicted molar refractivity (Wildman–Crippen MR) is 77.6 cm³/mol. The lowest BCUT2D eigenvalue weighted by Gasteiger charge is -2.09. The van der Waals surface area contributed by atoms with E-state index in [1.165, 1.54) is 19.2 Å². The number of pyridine rings is 1. The molecule has 0 radical (unpaired) electrons. The highest BCUT2D eigenvalue weighted by Crippen LogP contribution is 2.19. The normalized spacial score (nSPS) is 10.0. The maximum atomic E-state index is 13.3. The maximum absolute atomic E-state index is 13.3. The largest absolute Gasteiger partial charge is 0.465 e. The molecule has 0 aliphatic carbocycles. The third-order valence-corrected chi connectivity index (χ3v) is 3.02. The van der Waals surface area contributed by atoms with Gasteiger partial charge in [0.2, 0.25) is 0 Å². The summed E-state index contributed by atoms with van der Waals surface area (Å²) in [6, 6.07) is 8.20. The molecule has 1 N–H and O–H groups in total. The summed E-state index contributed by atoms with van der Waals surface area (Å²) in [6.45, 7) is 0. The van der Waals surface area contributed by atoms with Gasteiger partial charge in [0.1, 0.15) is 16.1 Å².